The molecule has 2 aliphatic heterocycles. The number of carbonyl (C=O) groups is 1. The Morgan fingerprint density at radius 1 is 1.20 bits per heavy atom. The Morgan fingerprint density at radius 3 is 2.83 bits per heavy atom. The molecule has 0 radical (unpaired) electrons. The summed E-state index contributed by atoms with van der Waals surface area (Å²) in [5, 5.41) is 12.8. The van der Waals surface area contributed by atoms with Gasteiger partial charge in [0.25, 0.3) is 0 Å². The van der Waals surface area contributed by atoms with Crippen molar-refractivity contribution in [1.29, 1.82) is 0 Å². The number of hydrogen-bond acceptors (Lipinski definition) is 6. The van der Waals surface area contributed by atoms with E-state index < -0.39 is 6.10 Å². The molecule has 1 spiro atoms. The molecule has 6 nitrogen and oxygen atoms in total. The number of esters is 1. The van der Waals surface area contributed by atoms with E-state index in [1.54, 1.807) is 0 Å². The fourth-order valence-corrected chi connectivity index (χ4v) is 7.50. The van der Waals surface area contributed by atoms with E-state index >= 15 is 0 Å². The van der Waals surface area contributed by atoms with Gasteiger partial charge < -0.3 is 24.2 Å². The zero-order valence-electron chi connectivity index (χ0n) is 20.8. The second kappa shape index (κ2) is 8.75. The van der Waals surface area contributed by atoms with Gasteiger partial charge in [0.05, 0.1) is 18.1 Å². The van der Waals surface area contributed by atoms with Crippen LogP contribution in [0.2, 0.25) is 0 Å². The smallest absolute Gasteiger partial charge is 0.310 e. The Morgan fingerprint density at radius 2 is 2.00 bits per heavy atom. The average molecular weight is 480 g/mol. The largest absolute Gasteiger partial charge is 0.490 e. The van der Waals surface area contributed by atoms with Crippen molar-refractivity contribution in [2.24, 2.45) is 23.2 Å². The highest BCUT2D eigenvalue weighted by Crippen LogP contribution is 2.62. The summed E-state index contributed by atoms with van der Waals surface area (Å²) in [5.41, 5.74) is 0.279. The van der Waals surface area contributed by atoms with E-state index in [2.05, 4.69) is 24.0 Å². The van der Waals surface area contributed by atoms with E-state index in [-0.39, 0.29) is 41.5 Å². The molecule has 2 aromatic rings. The average Bonchev–Trinajstić information content (AvgIpc) is 3.54. The van der Waals surface area contributed by atoms with E-state index in [9.17, 15) is 9.90 Å². The summed E-state index contributed by atoms with van der Waals surface area (Å²) in [6, 6.07) is 14.0. The molecule has 6 heteroatoms. The summed E-state index contributed by atoms with van der Waals surface area (Å²) >= 11 is 0. The van der Waals surface area contributed by atoms with E-state index in [0.29, 0.717) is 19.0 Å². The molecule has 0 unspecified atom stereocenters. The molecule has 7 atom stereocenters. The predicted octanol–water partition coefficient (Wildman–Crippen LogP) is 4.04. The van der Waals surface area contributed by atoms with Crippen molar-refractivity contribution < 1.29 is 24.1 Å². The standard InChI is InChI=1S/C29H37NO5/c1-28-11-6-12-29(18-34-29)26(28)13-22-23(27(32)35-25(22)14-28)16-30(2)15-20(31)17-33-24-10-5-8-19-7-3-4-9-21(19)24/h3-5,7-10,20,22-23,25-26,31H,6,11-18H2,1-2H3/t20-,22-,23-,25+,26+,28+,29-/m0/s1. The topological polar surface area (TPSA) is 71.5 Å². The number of aliphatic hydroxyl groups is 1. The van der Waals surface area contributed by atoms with Crippen LogP contribution in [0.3, 0.4) is 0 Å². The molecule has 2 saturated carbocycles. The highest BCUT2D eigenvalue weighted by Gasteiger charge is 2.65. The molecule has 2 aromatic carbocycles. The SMILES string of the molecule is CN(C[C@H](O)COc1cccc2ccccc12)C[C@@H]1C(=O)O[C@@H]2C[C@@]3(C)CCC[C@]4(CO4)[C@@H]3C[C@@H]12. The van der Waals surface area contributed by atoms with Gasteiger partial charge in [0, 0.05) is 24.4 Å². The van der Waals surface area contributed by atoms with E-state index in [1.165, 1.54) is 12.8 Å². The lowest BCUT2D eigenvalue weighted by Crippen LogP contribution is -2.51. The van der Waals surface area contributed by atoms with Crippen molar-refractivity contribution in [2.45, 2.75) is 56.8 Å². The molecular weight excluding hydrogens is 442 g/mol. The second-order valence-corrected chi connectivity index (χ2v) is 11.8. The minimum Gasteiger partial charge on any atom is -0.490 e. The molecule has 2 heterocycles. The van der Waals surface area contributed by atoms with Gasteiger partial charge in [-0.2, -0.15) is 0 Å². The van der Waals surface area contributed by atoms with Gasteiger partial charge in [-0.15, -0.1) is 0 Å². The van der Waals surface area contributed by atoms with E-state index in [1.807, 2.05) is 37.4 Å². The maximum atomic E-state index is 12.9. The maximum Gasteiger partial charge on any atom is 0.310 e. The van der Waals surface area contributed by atoms with Crippen molar-refractivity contribution in [3.8, 4) is 5.75 Å². The minimum atomic E-state index is -0.650. The van der Waals surface area contributed by atoms with Gasteiger partial charge in [-0.25, -0.2) is 0 Å². The Kier molecular flexibility index (Phi) is 5.82. The van der Waals surface area contributed by atoms with Crippen LogP contribution in [0.5, 0.6) is 5.75 Å². The van der Waals surface area contributed by atoms with Crippen LogP contribution in [0, 0.1) is 23.2 Å². The molecule has 0 bridgehead atoms. The number of likely N-dealkylation sites (N-methyl/N-ethyl adjacent to an activating group) is 1. The quantitative estimate of drug-likeness (QED) is 0.477. The van der Waals surface area contributed by atoms with Crippen LogP contribution in [0.25, 0.3) is 10.8 Å². The van der Waals surface area contributed by atoms with Gasteiger partial charge in [-0.05, 0) is 61.9 Å². The molecule has 0 amide bonds. The van der Waals surface area contributed by atoms with Crippen LogP contribution in [0.4, 0.5) is 0 Å². The first-order valence-corrected chi connectivity index (χ1v) is 13.2. The summed E-state index contributed by atoms with van der Waals surface area (Å²) in [7, 11) is 1.97. The first-order chi connectivity index (χ1) is 16.9. The Labute approximate surface area is 207 Å². The highest BCUT2D eigenvalue weighted by atomic mass is 16.6. The van der Waals surface area contributed by atoms with Crippen molar-refractivity contribution in [2.75, 3.05) is 33.4 Å². The Balaban J connectivity index is 1.06. The maximum absolute atomic E-state index is 12.9. The summed E-state index contributed by atoms with van der Waals surface area (Å²) < 4.78 is 17.9. The number of ether oxygens (including phenoxy) is 3. The molecule has 1 N–H and O–H groups in total. The Bertz CT molecular complexity index is 1090. The van der Waals surface area contributed by atoms with Crippen LogP contribution < -0.4 is 4.74 Å². The molecule has 0 aromatic heterocycles. The number of nitrogens with zero attached hydrogens (tertiary/aromatic N) is 1. The first-order valence-electron chi connectivity index (χ1n) is 13.2. The number of carbonyl (C=O) groups excluding carboxylic acids is 1. The van der Waals surface area contributed by atoms with Crippen molar-refractivity contribution in [3.05, 3.63) is 42.5 Å². The third-order valence-electron chi connectivity index (χ3n) is 9.29. The number of fused-ring (bicyclic) bond motifs is 4. The lowest BCUT2D eigenvalue weighted by molar-refractivity contribution is -0.147. The zero-order valence-corrected chi connectivity index (χ0v) is 20.8. The highest BCUT2D eigenvalue weighted by molar-refractivity contribution is 5.88. The van der Waals surface area contributed by atoms with Crippen molar-refractivity contribution >= 4 is 16.7 Å². The summed E-state index contributed by atoms with van der Waals surface area (Å²) in [5.74, 6) is 1.33. The van der Waals surface area contributed by atoms with Crippen LogP contribution >= 0.6 is 0 Å². The number of benzene rings is 2. The van der Waals surface area contributed by atoms with Gasteiger partial charge in [0.15, 0.2) is 0 Å². The monoisotopic (exact) mass is 479 g/mol. The Hall–Kier alpha value is -2.15. The molecule has 2 aliphatic carbocycles. The van der Waals surface area contributed by atoms with E-state index in [0.717, 1.165) is 42.4 Å². The fourth-order valence-electron chi connectivity index (χ4n) is 7.50. The molecule has 35 heavy (non-hydrogen) atoms. The fraction of sp³-hybridized carbons (Fsp3) is 0.621. The molecule has 188 valence electrons. The summed E-state index contributed by atoms with van der Waals surface area (Å²) in [4.78, 5) is 15.0. The van der Waals surface area contributed by atoms with Crippen LogP contribution in [-0.2, 0) is 14.3 Å². The third-order valence-corrected chi connectivity index (χ3v) is 9.29. The van der Waals surface area contributed by atoms with Crippen LogP contribution in [0.1, 0.15) is 39.0 Å². The van der Waals surface area contributed by atoms with Gasteiger partial charge in [0.2, 0.25) is 0 Å². The van der Waals surface area contributed by atoms with Gasteiger partial charge >= 0.3 is 5.97 Å². The van der Waals surface area contributed by atoms with E-state index in [4.69, 9.17) is 14.2 Å². The summed E-state index contributed by atoms with van der Waals surface area (Å²) in [6.45, 7) is 4.52. The predicted molar refractivity (Wildman–Crippen MR) is 133 cm³/mol. The molecule has 2 saturated heterocycles. The zero-order chi connectivity index (χ0) is 24.2. The number of hydrogen-bond donors (Lipinski definition) is 1. The first kappa shape index (κ1) is 23.3. The lowest BCUT2D eigenvalue weighted by Gasteiger charge is -2.51. The van der Waals surface area contributed by atoms with Gasteiger partial charge in [-0.1, -0.05) is 43.3 Å². The van der Waals surface area contributed by atoms with Crippen LogP contribution in [0.15, 0.2) is 42.5 Å². The molecule has 4 fully saturated rings. The molecule has 6 rings (SSSR count). The second-order valence-electron chi connectivity index (χ2n) is 11.8. The lowest BCUT2D eigenvalue weighted by atomic mass is 9.53. The molecular formula is C29H37NO5. The summed E-state index contributed by atoms with van der Waals surface area (Å²) in [6.07, 6.45) is 4.92. The molecule has 4 aliphatic rings. The normalized spacial score (nSPS) is 36.6. The van der Waals surface area contributed by atoms with Crippen LogP contribution in [-0.4, -0.2) is 67.1 Å². The van der Waals surface area contributed by atoms with Crippen molar-refractivity contribution in [1.82, 2.24) is 4.90 Å². The number of aliphatic hydroxyl groups excluding tert-OH is 1. The number of rotatable bonds is 7. The van der Waals surface area contributed by atoms with Gasteiger partial charge in [0.1, 0.15) is 24.6 Å². The minimum absolute atomic E-state index is 0.0238. The van der Waals surface area contributed by atoms with Gasteiger partial charge in [-0.3, -0.25) is 4.79 Å². The third kappa shape index (κ3) is 4.24. The van der Waals surface area contributed by atoms with Crippen molar-refractivity contribution in [3.63, 3.8) is 0 Å². The number of epoxide rings is 1.